The van der Waals surface area contributed by atoms with Crippen LogP contribution in [0.4, 0.5) is 0 Å². The fourth-order valence-corrected chi connectivity index (χ4v) is 3.08. The predicted octanol–water partition coefficient (Wildman–Crippen LogP) is 3.42. The lowest BCUT2D eigenvalue weighted by Crippen LogP contribution is -2.31. The molecule has 1 aromatic heterocycles. The quantitative estimate of drug-likeness (QED) is 0.619. The van der Waals surface area contributed by atoms with Gasteiger partial charge < -0.3 is 0 Å². The van der Waals surface area contributed by atoms with Crippen molar-refractivity contribution in [3.05, 3.63) is 51.3 Å². The number of nitrogens with one attached hydrogen (secondary N) is 1. The van der Waals surface area contributed by atoms with Gasteiger partial charge in [0.15, 0.2) is 0 Å². The summed E-state index contributed by atoms with van der Waals surface area (Å²) in [5, 5.41) is 4.42. The molecule has 1 atom stereocenters. The Morgan fingerprint density at radius 3 is 2.71 bits per heavy atom. The van der Waals surface area contributed by atoms with Crippen LogP contribution >= 0.6 is 15.9 Å². The van der Waals surface area contributed by atoms with Crippen LogP contribution in [0.3, 0.4) is 0 Å². The maximum atomic E-state index is 5.80. The van der Waals surface area contributed by atoms with E-state index in [0.29, 0.717) is 0 Å². The first-order valence-electron chi connectivity index (χ1n) is 7.30. The Bertz CT molecular complexity index is 606. The van der Waals surface area contributed by atoms with Gasteiger partial charge >= 0.3 is 0 Å². The van der Waals surface area contributed by atoms with E-state index in [0.717, 1.165) is 29.6 Å². The molecule has 0 spiro atoms. The summed E-state index contributed by atoms with van der Waals surface area (Å²) >= 11 is 3.59. The molecule has 0 saturated carbocycles. The Hall–Kier alpha value is -1.17. The largest absolute Gasteiger partial charge is 0.271 e. The zero-order chi connectivity index (χ0) is 15.4. The van der Waals surface area contributed by atoms with Gasteiger partial charge in [-0.2, -0.15) is 5.10 Å². The average molecular weight is 351 g/mol. The molecule has 0 aliphatic carbocycles. The van der Waals surface area contributed by atoms with Crippen molar-refractivity contribution in [2.24, 2.45) is 5.84 Å². The Balaban J connectivity index is 2.27. The lowest BCUT2D eigenvalue weighted by molar-refractivity contribution is 0.476. The summed E-state index contributed by atoms with van der Waals surface area (Å²) < 4.78 is 3.03. The van der Waals surface area contributed by atoms with Crippen LogP contribution in [0.5, 0.6) is 0 Å². The zero-order valence-corrected chi connectivity index (χ0v) is 14.4. The summed E-state index contributed by atoms with van der Waals surface area (Å²) in [5.74, 6) is 5.80. The number of nitrogens with two attached hydrogens (primary N) is 1. The van der Waals surface area contributed by atoms with Gasteiger partial charge in [-0.25, -0.2) is 0 Å². The van der Waals surface area contributed by atoms with Crippen molar-refractivity contribution in [3.63, 3.8) is 0 Å². The van der Waals surface area contributed by atoms with Gasteiger partial charge in [0.25, 0.3) is 0 Å². The van der Waals surface area contributed by atoms with Gasteiger partial charge in [0.05, 0.1) is 22.4 Å². The topological polar surface area (TPSA) is 55.9 Å². The summed E-state index contributed by atoms with van der Waals surface area (Å²) in [5.41, 5.74) is 7.94. The van der Waals surface area contributed by atoms with Crippen LogP contribution in [0.1, 0.15) is 41.8 Å². The number of hydrazine groups is 1. The molecule has 0 radical (unpaired) electrons. The lowest BCUT2D eigenvalue weighted by atomic mass is 9.99. The van der Waals surface area contributed by atoms with Crippen molar-refractivity contribution in [1.29, 1.82) is 0 Å². The maximum absolute atomic E-state index is 5.80. The molecule has 114 valence electrons. The minimum atomic E-state index is 0.0375. The van der Waals surface area contributed by atoms with Gasteiger partial charge in [-0.1, -0.05) is 25.1 Å². The van der Waals surface area contributed by atoms with Crippen molar-refractivity contribution in [3.8, 4) is 0 Å². The summed E-state index contributed by atoms with van der Waals surface area (Å²) in [6, 6.07) is 6.60. The summed E-state index contributed by atoms with van der Waals surface area (Å²) in [7, 11) is 0. The number of halogens is 1. The fourth-order valence-electron chi connectivity index (χ4n) is 2.51. The highest BCUT2D eigenvalue weighted by Gasteiger charge is 2.19. The van der Waals surface area contributed by atoms with E-state index in [2.05, 4.69) is 65.4 Å². The highest BCUT2D eigenvalue weighted by atomic mass is 79.9. The number of aromatic nitrogens is 2. The fraction of sp³-hybridized carbons (Fsp3) is 0.438. The van der Waals surface area contributed by atoms with E-state index >= 15 is 0 Å². The van der Waals surface area contributed by atoms with Crippen LogP contribution in [-0.2, 0) is 13.0 Å². The SMILES string of the molecule is CCCn1ncc(Br)c1C(Cc1ccc(C)c(C)c1)NN. The number of rotatable bonds is 6. The van der Waals surface area contributed by atoms with Crippen LogP contribution in [0.15, 0.2) is 28.9 Å². The second kappa shape index (κ2) is 7.20. The Morgan fingerprint density at radius 2 is 2.10 bits per heavy atom. The molecule has 0 aliphatic rings. The first-order valence-corrected chi connectivity index (χ1v) is 8.09. The molecule has 3 N–H and O–H groups in total. The van der Waals surface area contributed by atoms with E-state index < -0.39 is 0 Å². The van der Waals surface area contributed by atoms with Gasteiger partial charge in [0, 0.05) is 6.54 Å². The third kappa shape index (κ3) is 3.73. The molecule has 5 heteroatoms. The lowest BCUT2D eigenvalue weighted by Gasteiger charge is -2.19. The van der Waals surface area contributed by atoms with Crippen molar-refractivity contribution in [2.45, 2.75) is 46.2 Å². The Kier molecular flexibility index (Phi) is 5.56. The van der Waals surface area contributed by atoms with E-state index in [-0.39, 0.29) is 6.04 Å². The number of aryl methyl sites for hydroxylation is 3. The summed E-state index contributed by atoms with van der Waals surface area (Å²) in [6.07, 6.45) is 3.73. The molecule has 1 heterocycles. The third-order valence-electron chi connectivity index (χ3n) is 3.81. The molecule has 0 aliphatic heterocycles. The molecule has 21 heavy (non-hydrogen) atoms. The number of nitrogens with zero attached hydrogens (tertiary/aromatic N) is 2. The van der Waals surface area contributed by atoms with Gasteiger partial charge in [-0.3, -0.25) is 16.0 Å². The smallest absolute Gasteiger partial charge is 0.0712 e. The number of hydrogen-bond donors (Lipinski definition) is 2. The number of benzene rings is 1. The highest BCUT2D eigenvalue weighted by molar-refractivity contribution is 9.10. The van der Waals surface area contributed by atoms with Crippen LogP contribution in [0, 0.1) is 13.8 Å². The molecular formula is C16H23BrN4. The van der Waals surface area contributed by atoms with Crippen molar-refractivity contribution in [2.75, 3.05) is 0 Å². The molecule has 0 fully saturated rings. The number of hydrogen-bond acceptors (Lipinski definition) is 3. The van der Waals surface area contributed by atoms with E-state index in [1.54, 1.807) is 0 Å². The van der Waals surface area contributed by atoms with Gasteiger partial charge in [-0.15, -0.1) is 0 Å². The average Bonchev–Trinajstić information content (AvgIpc) is 2.82. The van der Waals surface area contributed by atoms with E-state index in [1.807, 2.05) is 10.9 Å². The normalized spacial score (nSPS) is 12.6. The van der Waals surface area contributed by atoms with Crippen LogP contribution in [0.25, 0.3) is 0 Å². The molecule has 1 aromatic carbocycles. The van der Waals surface area contributed by atoms with Gasteiger partial charge in [0.2, 0.25) is 0 Å². The monoisotopic (exact) mass is 350 g/mol. The van der Waals surface area contributed by atoms with Crippen molar-refractivity contribution >= 4 is 15.9 Å². The van der Waals surface area contributed by atoms with Crippen LogP contribution < -0.4 is 11.3 Å². The highest BCUT2D eigenvalue weighted by Crippen LogP contribution is 2.26. The molecule has 4 nitrogen and oxygen atoms in total. The third-order valence-corrected chi connectivity index (χ3v) is 4.42. The minimum Gasteiger partial charge on any atom is -0.271 e. The van der Waals surface area contributed by atoms with Gasteiger partial charge in [-0.05, 0) is 59.3 Å². The molecule has 0 amide bonds. The minimum absolute atomic E-state index is 0.0375. The molecular weight excluding hydrogens is 328 g/mol. The summed E-state index contributed by atoms with van der Waals surface area (Å²) in [4.78, 5) is 0. The summed E-state index contributed by atoms with van der Waals surface area (Å²) in [6.45, 7) is 7.31. The maximum Gasteiger partial charge on any atom is 0.0712 e. The van der Waals surface area contributed by atoms with Crippen molar-refractivity contribution < 1.29 is 0 Å². The first-order chi connectivity index (χ1) is 10.1. The molecule has 2 aromatic rings. The standard InChI is InChI=1S/C16H23BrN4/c1-4-7-21-16(14(17)10-19-21)15(20-18)9-13-6-5-11(2)12(3)8-13/h5-6,8,10,15,20H,4,7,9,18H2,1-3H3. The van der Waals surface area contributed by atoms with E-state index in [1.165, 1.54) is 16.7 Å². The van der Waals surface area contributed by atoms with E-state index in [4.69, 9.17) is 5.84 Å². The second-order valence-electron chi connectivity index (χ2n) is 5.44. The van der Waals surface area contributed by atoms with Gasteiger partial charge in [0.1, 0.15) is 0 Å². The van der Waals surface area contributed by atoms with E-state index in [9.17, 15) is 0 Å². The second-order valence-corrected chi connectivity index (χ2v) is 6.30. The zero-order valence-electron chi connectivity index (χ0n) is 12.9. The molecule has 0 saturated heterocycles. The Labute approximate surface area is 134 Å². The molecule has 2 rings (SSSR count). The first kappa shape index (κ1) is 16.2. The molecule has 0 bridgehead atoms. The van der Waals surface area contributed by atoms with Crippen LogP contribution in [0.2, 0.25) is 0 Å². The Morgan fingerprint density at radius 1 is 1.33 bits per heavy atom. The van der Waals surface area contributed by atoms with Crippen LogP contribution in [-0.4, -0.2) is 9.78 Å². The van der Waals surface area contributed by atoms with Crippen molar-refractivity contribution in [1.82, 2.24) is 15.2 Å². The predicted molar refractivity (Wildman–Crippen MR) is 89.9 cm³/mol. The molecule has 1 unspecified atom stereocenters.